The zero-order valence-electron chi connectivity index (χ0n) is 64.9. The molecule has 95 heavy (non-hydrogen) atoms. The van der Waals surface area contributed by atoms with Crippen molar-refractivity contribution in [1.29, 1.82) is 0 Å². The number of unbranched alkanes of at least 4 members (excludes halogenated alkanes) is 69. The van der Waals surface area contributed by atoms with E-state index in [2.05, 4.69) is 43.5 Å². The first-order chi connectivity index (χ1) is 47.0. The molecule has 0 fully saturated rings. The van der Waals surface area contributed by atoms with Gasteiger partial charge in [-0.25, -0.2) is 0 Å². The first kappa shape index (κ1) is 93.3. The number of esters is 1. The second kappa shape index (κ2) is 84.8. The highest BCUT2D eigenvalue weighted by molar-refractivity contribution is 5.76. The van der Waals surface area contributed by atoms with Gasteiger partial charge in [-0.15, -0.1) is 0 Å². The van der Waals surface area contributed by atoms with E-state index in [0.29, 0.717) is 25.9 Å². The van der Waals surface area contributed by atoms with Gasteiger partial charge in [0.25, 0.3) is 0 Å². The summed E-state index contributed by atoms with van der Waals surface area (Å²) >= 11 is 0. The van der Waals surface area contributed by atoms with Crippen LogP contribution in [0.3, 0.4) is 0 Å². The molecule has 0 radical (unpaired) electrons. The predicted octanol–water partition coefficient (Wildman–Crippen LogP) is 29.6. The molecule has 564 valence electrons. The molecule has 2 unspecified atom stereocenters. The lowest BCUT2D eigenvalue weighted by Crippen LogP contribution is -2.45. The Bertz CT molecular complexity index is 1500. The number of amides is 1. The number of rotatable bonds is 84. The van der Waals surface area contributed by atoms with Gasteiger partial charge in [-0.3, -0.25) is 9.59 Å². The fourth-order valence-corrected chi connectivity index (χ4v) is 14.3. The maximum absolute atomic E-state index is 12.6. The van der Waals surface area contributed by atoms with Crippen molar-refractivity contribution in [3.63, 3.8) is 0 Å². The molecule has 0 aliphatic heterocycles. The molecule has 0 saturated carbocycles. The van der Waals surface area contributed by atoms with Crippen molar-refractivity contribution in [2.45, 2.75) is 520 Å². The first-order valence-electron chi connectivity index (χ1n) is 44.1. The largest absolute Gasteiger partial charge is 0.466 e. The van der Waals surface area contributed by atoms with Crippen LogP contribution in [0.4, 0.5) is 0 Å². The van der Waals surface area contributed by atoms with Crippen molar-refractivity contribution in [2.75, 3.05) is 13.2 Å². The molecule has 0 saturated heterocycles. The Kier molecular flexibility index (Phi) is 83.3. The predicted molar refractivity (Wildman–Crippen MR) is 421 cm³/mol. The van der Waals surface area contributed by atoms with E-state index in [1.807, 2.05) is 0 Å². The van der Waals surface area contributed by atoms with Crippen LogP contribution in [0.5, 0.6) is 0 Å². The highest BCUT2D eigenvalue weighted by Gasteiger charge is 2.20. The lowest BCUT2D eigenvalue weighted by Gasteiger charge is -2.22. The fraction of sp³-hybridized carbons (Fsp3) is 0.933. The lowest BCUT2D eigenvalue weighted by molar-refractivity contribution is -0.143. The Morgan fingerprint density at radius 1 is 0.284 bits per heavy atom. The van der Waals surface area contributed by atoms with Gasteiger partial charge in [0.1, 0.15) is 0 Å². The fourth-order valence-electron chi connectivity index (χ4n) is 14.3. The molecule has 1 amide bonds. The summed E-state index contributed by atoms with van der Waals surface area (Å²) < 4.78 is 5.50. The molecule has 0 rings (SSSR count). The average molecular weight is 1340 g/mol. The molecule has 0 bridgehead atoms. The minimum atomic E-state index is -0.663. The Hall–Kier alpha value is -1.66. The van der Waals surface area contributed by atoms with Crippen LogP contribution in [0.15, 0.2) is 24.3 Å². The molecular formula is C89H173NO5. The van der Waals surface area contributed by atoms with Gasteiger partial charge in [0.2, 0.25) is 5.91 Å². The summed E-state index contributed by atoms with van der Waals surface area (Å²) in [5.41, 5.74) is 0. The van der Waals surface area contributed by atoms with Gasteiger partial charge in [-0.05, 0) is 77.0 Å². The lowest BCUT2D eigenvalue weighted by atomic mass is 10.0. The summed E-state index contributed by atoms with van der Waals surface area (Å²) in [6.07, 6.45) is 110. The first-order valence-corrected chi connectivity index (χ1v) is 44.1. The van der Waals surface area contributed by atoms with Crippen LogP contribution in [0.25, 0.3) is 0 Å². The van der Waals surface area contributed by atoms with Crippen LogP contribution >= 0.6 is 0 Å². The number of carbonyl (C=O) groups is 2. The van der Waals surface area contributed by atoms with Crippen molar-refractivity contribution in [3.05, 3.63) is 24.3 Å². The quantitative estimate of drug-likeness (QED) is 0.0320. The number of aliphatic hydroxyl groups is 2. The molecule has 6 nitrogen and oxygen atoms in total. The standard InChI is InChI=1S/C89H173NO5/c1-3-5-7-9-11-13-15-17-19-20-21-22-23-39-42-45-48-51-54-57-61-65-69-73-77-81-87(92)86(85-91)90-88(93)82-78-74-70-66-62-58-55-52-49-46-43-40-37-35-33-31-29-27-25-24-26-28-30-32-34-36-38-41-44-47-50-53-56-60-64-68-72-76-80-84-95-89(94)83-79-75-71-67-63-59-18-16-14-12-10-8-6-4-2/h16,18,24-25,86-87,91-92H,3-15,17,19-23,26-85H2,1-2H3,(H,90,93)/b18-16-,25-24-. The molecule has 0 aliphatic carbocycles. The van der Waals surface area contributed by atoms with Crippen molar-refractivity contribution in [2.24, 2.45) is 0 Å². The van der Waals surface area contributed by atoms with E-state index in [-0.39, 0.29) is 18.5 Å². The number of aliphatic hydroxyl groups excluding tert-OH is 2. The molecule has 0 aromatic carbocycles. The number of hydrogen-bond acceptors (Lipinski definition) is 5. The second-order valence-corrected chi connectivity index (χ2v) is 30.6. The molecule has 0 spiro atoms. The number of carbonyl (C=O) groups excluding carboxylic acids is 2. The highest BCUT2D eigenvalue weighted by atomic mass is 16.5. The normalized spacial score (nSPS) is 12.5. The van der Waals surface area contributed by atoms with Crippen molar-refractivity contribution >= 4 is 11.9 Å². The summed E-state index contributed by atoms with van der Waals surface area (Å²) in [7, 11) is 0. The molecule has 6 heteroatoms. The number of ether oxygens (including phenoxy) is 1. The van der Waals surface area contributed by atoms with Gasteiger partial charge in [0, 0.05) is 12.8 Å². The second-order valence-electron chi connectivity index (χ2n) is 30.6. The Balaban J connectivity index is 3.33. The molecule has 0 aliphatic rings. The summed E-state index contributed by atoms with van der Waals surface area (Å²) in [6.45, 7) is 5.00. The monoisotopic (exact) mass is 1340 g/mol. The highest BCUT2D eigenvalue weighted by Crippen LogP contribution is 2.21. The number of nitrogens with one attached hydrogen (secondary N) is 1. The molecule has 2 atom stereocenters. The van der Waals surface area contributed by atoms with E-state index < -0.39 is 12.1 Å². The van der Waals surface area contributed by atoms with Crippen molar-refractivity contribution in [3.8, 4) is 0 Å². The van der Waals surface area contributed by atoms with Gasteiger partial charge >= 0.3 is 5.97 Å². The van der Waals surface area contributed by atoms with Crippen LogP contribution < -0.4 is 5.32 Å². The van der Waals surface area contributed by atoms with E-state index in [4.69, 9.17) is 4.74 Å². The SMILES string of the molecule is CCCCCCC/C=C\CCCCCCCC(=O)OCCCCCCCCCCCCCCCCCCCC/C=C\CCCCCCCCCCCCCCCCCCCC(=O)NC(CO)C(O)CCCCCCCCCCCCCCCCCCCCCCCCCCC. The minimum Gasteiger partial charge on any atom is -0.466 e. The van der Waals surface area contributed by atoms with E-state index in [0.717, 1.165) is 44.9 Å². The summed E-state index contributed by atoms with van der Waals surface area (Å²) in [5, 5.41) is 23.5. The Morgan fingerprint density at radius 2 is 0.495 bits per heavy atom. The third-order valence-corrected chi connectivity index (χ3v) is 21.0. The maximum Gasteiger partial charge on any atom is 0.305 e. The molecule has 0 heterocycles. The molecule has 0 aromatic rings. The van der Waals surface area contributed by atoms with Gasteiger partial charge in [-0.2, -0.15) is 0 Å². The van der Waals surface area contributed by atoms with Crippen molar-refractivity contribution < 1.29 is 24.5 Å². The van der Waals surface area contributed by atoms with Crippen LogP contribution in [0.1, 0.15) is 508 Å². The number of hydrogen-bond donors (Lipinski definition) is 3. The maximum atomic E-state index is 12.6. The van der Waals surface area contributed by atoms with Crippen LogP contribution in [0, 0.1) is 0 Å². The Morgan fingerprint density at radius 3 is 0.747 bits per heavy atom. The van der Waals surface area contributed by atoms with E-state index >= 15 is 0 Å². The van der Waals surface area contributed by atoms with E-state index in [9.17, 15) is 19.8 Å². The van der Waals surface area contributed by atoms with Crippen LogP contribution in [-0.2, 0) is 14.3 Å². The zero-order valence-corrected chi connectivity index (χ0v) is 64.9. The summed E-state index contributed by atoms with van der Waals surface area (Å²) in [5.74, 6) is -0.00904. The topological polar surface area (TPSA) is 95.9 Å². The smallest absolute Gasteiger partial charge is 0.305 e. The van der Waals surface area contributed by atoms with E-state index in [1.165, 1.54) is 430 Å². The minimum absolute atomic E-state index is 0.0150. The van der Waals surface area contributed by atoms with E-state index in [1.54, 1.807) is 0 Å². The van der Waals surface area contributed by atoms with Crippen molar-refractivity contribution in [1.82, 2.24) is 5.32 Å². The van der Waals surface area contributed by atoms with Gasteiger partial charge < -0.3 is 20.3 Å². The third-order valence-electron chi connectivity index (χ3n) is 21.0. The van der Waals surface area contributed by atoms with Crippen LogP contribution in [-0.4, -0.2) is 47.4 Å². The third kappa shape index (κ3) is 81.2. The Labute approximate surface area is 596 Å². The van der Waals surface area contributed by atoms with Gasteiger partial charge in [0.05, 0.1) is 25.4 Å². The summed E-state index contributed by atoms with van der Waals surface area (Å²) in [6, 6.07) is -0.540. The molecule has 0 aromatic heterocycles. The van der Waals surface area contributed by atoms with Gasteiger partial charge in [-0.1, -0.05) is 443 Å². The molecule has 3 N–H and O–H groups in total. The number of allylic oxidation sites excluding steroid dienone is 4. The van der Waals surface area contributed by atoms with Gasteiger partial charge in [0.15, 0.2) is 0 Å². The van der Waals surface area contributed by atoms with Crippen LogP contribution in [0.2, 0.25) is 0 Å². The zero-order chi connectivity index (χ0) is 68.4. The molecular weight excluding hydrogens is 1160 g/mol. The summed E-state index contributed by atoms with van der Waals surface area (Å²) in [4.78, 5) is 24.7. The average Bonchev–Trinajstić information content (AvgIpc) is 3.11.